The van der Waals surface area contributed by atoms with Gasteiger partial charge in [0.2, 0.25) is 0 Å². The molecule has 1 saturated heterocycles. The van der Waals surface area contributed by atoms with Crippen LogP contribution in [0.2, 0.25) is 0 Å². The van der Waals surface area contributed by atoms with Gasteiger partial charge in [0, 0.05) is 12.8 Å². The van der Waals surface area contributed by atoms with Crippen LogP contribution in [0.3, 0.4) is 0 Å². The topological polar surface area (TPSA) is 194 Å². The van der Waals surface area contributed by atoms with Crippen LogP contribution in [0.4, 0.5) is 24.2 Å². The largest absolute Gasteiger partial charge is 0.461 e. The summed E-state index contributed by atoms with van der Waals surface area (Å²) in [6.07, 6.45) is -6.07. The molecule has 0 aromatic carbocycles. The highest BCUT2D eigenvalue weighted by Crippen LogP contribution is 2.30. The number of anilines is 1. The van der Waals surface area contributed by atoms with Crippen LogP contribution in [-0.4, -0.2) is 94.6 Å². The molecule has 2 heterocycles. The average molecular weight is 635 g/mol. The first kappa shape index (κ1) is 36.5. The molecule has 2 rings (SSSR count). The number of halogens is 2. The number of amides is 2. The smallest absolute Gasteiger partial charge is 0.412 e. The van der Waals surface area contributed by atoms with Crippen molar-refractivity contribution in [2.24, 2.45) is 5.92 Å². The van der Waals surface area contributed by atoms with Gasteiger partial charge in [-0.3, -0.25) is 10.1 Å². The van der Waals surface area contributed by atoms with E-state index in [0.717, 1.165) is 6.07 Å². The first-order valence-electron chi connectivity index (χ1n) is 14.0. The van der Waals surface area contributed by atoms with E-state index in [1.165, 1.54) is 6.92 Å². The van der Waals surface area contributed by atoms with Crippen molar-refractivity contribution in [2.75, 3.05) is 25.1 Å². The Morgan fingerprint density at radius 3 is 2.39 bits per heavy atom. The summed E-state index contributed by atoms with van der Waals surface area (Å²) in [4.78, 5) is 65.3. The Morgan fingerprint density at radius 2 is 1.84 bits per heavy atom. The molecule has 0 spiro atoms. The Morgan fingerprint density at radius 1 is 1.16 bits per heavy atom. The summed E-state index contributed by atoms with van der Waals surface area (Å²) in [6.45, 7) is 8.64. The number of aromatic nitrogens is 2. The maximum absolute atomic E-state index is 15.7. The molecule has 1 aromatic heterocycles. The van der Waals surface area contributed by atoms with E-state index in [-0.39, 0.29) is 30.0 Å². The number of alkyl carbamates (subject to hydrolysis) is 1. The molecule has 4 atom stereocenters. The Bertz CT molecular complexity index is 1210. The van der Waals surface area contributed by atoms with Gasteiger partial charge in [-0.15, -0.1) is 0 Å². The van der Waals surface area contributed by atoms with Crippen molar-refractivity contribution >= 4 is 29.9 Å². The Labute approximate surface area is 252 Å². The van der Waals surface area contributed by atoms with Gasteiger partial charge in [-0.25, -0.2) is 23.7 Å². The number of nitrogens with one attached hydrogen (secondary N) is 2. The van der Waals surface area contributed by atoms with Crippen molar-refractivity contribution in [3.63, 3.8) is 0 Å². The standard InChI is InChI=1S/C27H40F2N4O11/c1-7-40-24(38)31-17-11-12-33(23(37)30-17)22(36)27(28,29)20(43-18-10-8-9-13-41-18)16(34)14-42-21(35)19(15(2)3)32-25(39)44-26(4,5)6/h11-12,15-16,18-20,34H,7-10,13-14H2,1-6H3,(H,32,39)(H,30,31,37,38)/t16-,18?,19+,20-/m1/s1. The molecule has 248 valence electrons. The van der Waals surface area contributed by atoms with E-state index in [0.29, 0.717) is 19.0 Å². The van der Waals surface area contributed by atoms with Gasteiger partial charge in [0.25, 0.3) is 0 Å². The van der Waals surface area contributed by atoms with Crippen molar-refractivity contribution in [1.82, 2.24) is 14.9 Å². The molecule has 1 unspecified atom stereocenters. The maximum Gasteiger partial charge on any atom is 0.412 e. The fraction of sp³-hybridized carbons (Fsp3) is 0.704. The second-order valence-electron chi connectivity index (χ2n) is 11.2. The first-order chi connectivity index (χ1) is 20.5. The van der Waals surface area contributed by atoms with E-state index in [2.05, 4.69) is 20.4 Å². The zero-order valence-electron chi connectivity index (χ0n) is 25.5. The normalized spacial score (nSPS) is 17.6. The summed E-state index contributed by atoms with van der Waals surface area (Å²) in [6, 6.07) is -0.361. The molecule has 44 heavy (non-hydrogen) atoms. The zero-order valence-corrected chi connectivity index (χ0v) is 25.5. The van der Waals surface area contributed by atoms with Crippen LogP contribution in [-0.2, 0) is 28.5 Å². The number of hydrogen-bond acceptors (Lipinski definition) is 12. The lowest BCUT2D eigenvalue weighted by Crippen LogP contribution is -2.56. The summed E-state index contributed by atoms with van der Waals surface area (Å²) in [5.41, 5.74) is -2.34. The highest BCUT2D eigenvalue weighted by atomic mass is 19.3. The number of carbonyl (C=O) groups excluding carboxylic acids is 4. The van der Waals surface area contributed by atoms with Crippen LogP contribution in [0.1, 0.15) is 65.6 Å². The number of nitrogens with zero attached hydrogens (tertiary/aromatic N) is 2. The molecular weight excluding hydrogens is 594 g/mol. The number of aliphatic hydroxyl groups is 1. The van der Waals surface area contributed by atoms with Crippen LogP contribution in [0.15, 0.2) is 17.1 Å². The summed E-state index contributed by atoms with van der Waals surface area (Å²) >= 11 is 0. The SMILES string of the molecule is CCOC(=O)Nc1ccn(C(=O)C(F)(F)[C@H](OC2CCCCO2)[C@H](O)COC(=O)[C@@H](NC(=O)OC(C)(C)C)C(C)C)c(=O)n1. The molecule has 1 aliphatic heterocycles. The van der Waals surface area contributed by atoms with E-state index in [1.54, 1.807) is 34.6 Å². The van der Waals surface area contributed by atoms with Crippen molar-refractivity contribution in [1.29, 1.82) is 0 Å². The molecule has 1 aromatic rings. The monoisotopic (exact) mass is 634 g/mol. The van der Waals surface area contributed by atoms with Crippen molar-refractivity contribution in [2.45, 2.75) is 96.9 Å². The van der Waals surface area contributed by atoms with Gasteiger partial charge in [0.05, 0.1) is 6.61 Å². The minimum atomic E-state index is -4.58. The molecule has 0 aliphatic carbocycles. The number of hydrogen-bond donors (Lipinski definition) is 3. The van der Waals surface area contributed by atoms with Crippen LogP contribution >= 0.6 is 0 Å². The third-order valence-corrected chi connectivity index (χ3v) is 5.95. The number of aliphatic hydroxyl groups excluding tert-OH is 1. The van der Waals surface area contributed by atoms with Crippen LogP contribution in [0.25, 0.3) is 0 Å². The predicted octanol–water partition coefficient (Wildman–Crippen LogP) is 2.45. The lowest BCUT2D eigenvalue weighted by molar-refractivity contribution is -0.253. The van der Waals surface area contributed by atoms with E-state index in [9.17, 15) is 29.1 Å². The Kier molecular flexibility index (Phi) is 13.1. The number of alkyl halides is 2. The molecule has 3 N–H and O–H groups in total. The molecule has 17 heteroatoms. The van der Waals surface area contributed by atoms with Crippen molar-refractivity contribution in [3.8, 4) is 0 Å². The quantitative estimate of drug-likeness (QED) is 0.225. The van der Waals surface area contributed by atoms with Gasteiger partial charge in [-0.1, -0.05) is 13.8 Å². The van der Waals surface area contributed by atoms with Gasteiger partial charge in [0.1, 0.15) is 30.2 Å². The number of ether oxygens (including phenoxy) is 5. The molecule has 1 aliphatic rings. The summed E-state index contributed by atoms with van der Waals surface area (Å²) < 4.78 is 56.9. The number of carbonyl (C=O) groups is 4. The number of esters is 1. The van der Waals surface area contributed by atoms with Crippen LogP contribution < -0.4 is 16.3 Å². The molecule has 0 radical (unpaired) electrons. The van der Waals surface area contributed by atoms with Crippen LogP contribution in [0.5, 0.6) is 0 Å². The second kappa shape index (κ2) is 15.9. The third kappa shape index (κ3) is 10.8. The third-order valence-electron chi connectivity index (χ3n) is 5.95. The minimum absolute atomic E-state index is 0.00964. The molecule has 1 fully saturated rings. The molecule has 0 saturated carbocycles. The molecule has 0 bridgehead atoms. The lowest BCUT2D eigenvalue weighted by atomic mass is 10.0. The van der Waals surface area contributed by atoms with Crippen molar-refractivity contribution < 1.29 is 56.7 Å². The summed E-state index contributed by atoms with van der Waals surface area (Å²) in [7, 11) is 0. The second-order valence-corrected chi connectivity index (χ2v) is 11.2. The average Bonchev–Trinajstić information content (AvgIpc) is 2.92. The highest BCUT2D eigenvalue weighted by Gasteiger charge is 2.54. The van der Waals surface area contributed by atoms with E-state index < -0.39 is 78.3 Å². The fourth-order valence-corrected chi connectivity index (χ4v) is 3.86. The van der Waals surface area contributed by atoms with E-state index in [1.807, 2.05) is 0 Å². The van der Waals surface area contributed by atoms with Gasteiger partial charge in [-0.2, -0.15) is 13.8 Å². The minimum Gasteiger partial charge on any atom is -0.461 e. The number of rotatable bonds is 12. The first-order valence-corrected chi connectivity index (χ1v) is 14.0. The fourth-order valence-electron chi connectivity index (χ4n) is 3.86. The molecule has 2 amide bonds. The Hall–Kier alpha value is -3.70. The summed E-state index contributed by atoms with van der Waals surface area (Å²) in [5, 5.41) is 15.2. The summed E-state index contributed by atoms with van der Waals surface area (Å²) in [5.74, 6) is -8.66. The molecule has 15 nitrogen and oxygen atoms in total. The van der Waals surface area contributed by atoms with E-state index in [4.69, 9.17) is 18.9 Å². The van der Waals surface area contributed by atoms with Gasteiger partial charge in [0.15, 0.2) is 12.4 Å². The van der Waals surface area contributed by atoms with Gasteiger partial charge >= 0.3 is 35.7 Å². The predicted molar refractivity (Wildman–Crippen MR) is 148 cm³/mol. The van der Waals surface area contributed by atoms with E-state index >= 15 is 8.78 Å². The van der Waals surface area contributed by atoms with Crippen LogP contribution in [0, 0.1) is 5.92 Å². The Balaban J connectivity index is 2.26. The highest BCUT2D eigenvalue weighted by molar-refractivity contribution is 5.87. The van der Waals surface area contributed by atoms with Gasteiger partial charge < -0.3 is 34.1 Å². The molecular formula is C27H40F2N4O11. The zero-order chi connectivity index (χ0) is 33.2. The van der Waals surface area contributed by atoms with Crippen molar-refractivity contribution in [3.05, 3.63) is 22.7 Å². The lowest BCUT2D eigenvalue weighted by Gasteiger charge is -2.34. The maximum atomic E-state index is 15.7. The van der Waals surface area contributed by atoms with Gasteiger partial charge in [-0.05, 0) is 58.9 Å².